The number of halogens is 3. The zero-order chi connectivity index (χ0) is 31.5. The number of aromatic nitrogens is 2. The van der Waals surface area contributed by atoms with Gasteiger partial charge in [0, 0.05) is 73.2 Å². The molecule has 2 N–H and O–H groups in total. The molecule has 0 bridgehead atoms. The molecule has 0 saturated carbocycles. The molecule has 2 saturated heterocycles. The van der Waals surface area contributed by atoms with Gasteiger partial charge in [0.25, 0.3) is 0 Å². The van der Waals surface area contributed by atoms with E-state index in [-0.39, 0.29) is 37.1 Å². The maximum absolute atomic E-state index is 14.1. The number of aliphatic hydroxyl groups is 2. The van der Waals surface area contributed by atoms with Gasteiger partial charge in [0.1, 0.15) is 0 Å². The van der Waals surface area contributed by atoms with Crippen molar-refractivity contribution in [2.75, 3.05) is 64.4 Å². The Morgan fingerprint density at radius 1 is 1.07 bits per heavy atom. The number of rotatable bonds is 11. The molecule has 0 aliphatic carbocycles. The van der Waals surface area contributed by atoms with Gasteiger partial charge in [-0.25, -0.2) is 8.42 Å². The van der Waals surface area contributed by atoms with Crippen LogP contribution >= 0.6 is 11.8 Å². The summed E-state index contributed by atoms with van der Waals surface area (Å²) in [5.74, 6) is 0.663. The molecule has 1 aromatic heterocycles. The molecule has 3 aliphatic rings. The Hall–Kier alpha value is -1.68. The first-order chi connectivity index (χ1) is 20.9. The third-order valence-corrected chi connectivity index (χ3v) is 11.2. The third-order valence-electron chi connectivity index (χ3n) is 8.96. The van der Waals surface area contributed by atoms with E-state index in [4.69, 9.17) is 5.10 Å². The number of β-amino-alcohol motifs (C(OH)–C–C–N with tert-alkyl or cyclic N) is 1. The molecule has 4 heterocycles. The Bertz CT molecular complexity index is 1380. The van der Waals surface area contributed by atoms with Crippen molar-refractivity contribution in [3.63, 3.8) is 0 Å². The van der Waals surface area contributed by atoms with E-state index < -0.39 is 27.9 Å². The van der Waals surface area contributed by atoms with Crippen LogP contribution in [0.25, 0.3) is 11.3 Å². The molecular formula is C30H44F3N5O4S2. The van der Waals surface area contributed by atoms with Crippen LogP contribution < -0.4 is 0 Å². The lowest BCUT2D eigenvalue weighted by atomic mass is 9.99. The Morgan fingerprint density at radius 3 is 2.52 bits per heavy atom. The average molecular weight is 660 g/mol. The summed E-state index contributed by atoms with van der Waals surface area (Å²) in [5, 5.41) is 25.3. The summed E-state index contributed by atoms with van der Waals surface area (Å²) in [6, 6.07) is 4.03. The summed E-state index contributed by atoms with van der Waals surface area (Å²) in [7, 11) is -3.50. The van der Waals surface area contributed by atoms with Crippen LogP contribution in [-0.4, -0.2) is 113 Å². The summed E-state index contributed by atoms with van der Waals surface area (Å²) in [4.78, 5) is 4.54. The van der Waals surface area contributed by atoms with Crippen LogP contribution in [0.1, 0.15) is 48.9 Å². The summed E-state index contributed by atoms with van der Waals surface area (Å²) in [5.41, 5.74) is 1.73. The van der Waals surface area contributed by atoms with Crippen LogP contribution in [0.15, 0.2) is 23.1 Å². The summed E-state index contributed by atoms with van der Waals surface area (Å²) in [6.07, 6.45) is 1.66. The first-order valence-electron chi connectivity index (χ1n) is 15.5. The van der Waals surface area contributed by atoms with Crippen LogP contribution in [0.4, 0.5) is 13.2 Å². The molecule has 14 heteroatoms. The maximum Gasteiger partial charge on any atom is 0.417 e. The molecule has 0 amide bonds. The van der Waals surface area contributed by atoms with Crippen LogP contribution in [0.2, 0.25) is 0 Å². The fraction of sp³-hybridized carbons (Fsp3) is 0.700. The number of sulfonamides is 1. The topological polar surface area (TPSA) is 102 Å². The van der Waals surface area contributed by atoms with Crippen LogP contribution in [0, 0.1) is 5.92 Å². The number of hydrogen-bond acceptors (Lipinski definition) is 8. The molecular weight excluding hydrogens is 615 g/mol. The first-order valence-corrected chi connectivity index (χ1v) is 18.4. The first kappa shape index (κ1) is 33.7. The summed E-state index contributed by atoms with van der Waals surface area (Å²) >= 11 is 1.15. The van der Waals surface area contributed by atoms with E-state index in [2.05, 4.69) is 9.80 Å². The lowest BCUT2D eigenvalue weighted by Crippen LogP contribution is -2.39. The quantitative estimate of drug-likeness (QED) is 0.354. The second-order valence-corrected chi connectivity index (χ2v) is 15.5. The molecule has 44 heavy (non-hydrogen) atoms. The Kier molecular flexibility index (Phi) is 11.0. The number of likely N-dealkylation sites (tertiary alicyclic amines) is 2. The summed E-state index contributed by atoms with van der Waals surface area (Å²) < 4.78 is 70.3. The van der Waals surface area contributed by atoms with Crippen LogP contribution in [0.5, 0.6) is 0 Å². The standard InChI is InChI=1S/C30H44F3N5O4S2/c1-44(41,42)37-13-9-27-25(20-37)29(34-38(27)19-24(40)18-35-10-3-2-4-11-35)23-7-8-26(30(31,32)33)28(16-23)43-15-14-36-12-5-6-22(17-36)21-39/h7-8,16,22,24,39-40H,2-6,9-15,17-21H2,1H3. The van der Waals surface area contributed by atoms with Crippen molar-refractivity contribution in [2.45, 2.75) is 68.8 Å². The lowest BCUT2D eigenvalue weighted by molar-refractivity contribution is -0.139. The molecule has 2 fully saturated rings. The minimum absolute atomic E-state index is 0.0796. The van der Waals surface area contributed by atoms with Crippen molar-refractivity contribution in [2.24, 2.45) is 5.92 Å². The van der Waals surface area contributed by atoms with Crippen LogP contribution in [0.3, 0.4) is 0 Å². The Balaban J connectivity index is 1.42. The number of piperidine rings is 2. The molecule has 0 radical (unpaired) electrons. The van der Waals surface area contributed by atoms with Crippen molar-refractivity contribution in [3.05, 3.63) is 35.0 Å². The second kappa shape index (κ2) is 14.4. The molecule has 9 nitrogen and oxygen atoms in total. The molecule has 2 aromatic rings. The molecule has 0 spiro atoms. The predicted octanol–water partition coefficient (Wildman–Crippen LogP) is 3.53. The largest absolute Gasteiger partial charge is 0.417 e. The van der Waals surface area contributed by atoms with Crippen molar-refractivity contribution in [1.82, 2.24) is 23.9 Å². The highest BCUT2D eigenvalue weighted by molar-refractivity contribution is 7.99. The van der Waals surface area contributed by atoms with Gasteiger partial charge in [0.05, 0.1) is 30.2 Å². The second-order valence-electron chi connectivity index (χ2n) is 12.4. The smallest absolute Gasteiger partial charge is 0.396 e. The Labute approximate surface area is 262 Å². The van der Waals surface area contributed by atoms with Gasteiger partial charge in [-0.1, -0.05) is 12.5 Å². The van der Waals surface area contributed by atoms with Gasteiger partial charge in [-0.05, 0) is 63.4 Å². The zero-order valence-electron chi connectivity index (χ0n) is 25.3. The van der Waals surface area contributed by atoms with Gasteiger partial charge in [0.2, 0.25) is 10.0 Å². The minimum atomic E-state index is -4.53. The third kappa shape index (κ3) is 8.37. The van der Waals surface area contributed by atoms with E-state index >= 15 is 0 Å². The van der Waals surface area contributed by atoms with Gasteiger partial charge in [0.15, 0.2) is 0 Å². The van der Waals surface area contributed by atoms with E-state index in [1.54, 1.807) is 4.68 Å². The lowest BCUT2D eigenvalue weighted by Gasteiger charge is -2.31. The number of aliphatic hydroxyl groups excluding tert-OH is 2. The van der Waals surface area contributed by atoms with E-state index in [1.807, 2.05) is 0 Å². The van der Waals surface area contributed by atoms with E-state index in [1.165, 1.54) is 22.9 Å². The molecule has 5 rings (SSSR count). The van der Waals surface area contributed by atoms with E-state index in [0.717, 1.165) is 81.6 Å². The zero-order valence-corrected chi connectivity index (χ0v) is 26.9. The fourth-order valence-corrected chi connectivity index (χ4v) is 8.55. The predicted molar refractivity (Wildman–Crippen MR) is 165 cm³/mol. The highest BCUT2D eigenvalue weighted by Crippen LogP contribution is 2.40. The number of alkyl halides is 3. The number of hydrogen-bond donors (Lipinski definition) is 2. The molecule has 246 valence electrons. The van der Waals surface area contributed by atoms with Gasteiger partial charge in [-0.3, -0.25) is 4.68 Å². The van der Waals surface area contributed by atoms with Gasteiger partial charge in [-0.2, -0.15) is 22.6 Å². The van der Waals surface area contributed by atoms with Gasteiger partial charge < -0.3 is 20.0 Å². The number of nitrogens with zero attached hydrogens (tertiary/aromatic N) is 5. The van der Waals surface area contributed by atoms with Crippen molar-refractivity contribution in [1.29, 1.82) is 0 Å². The van der Waals surface area contributed by atoms with Crippen molar-refractivity contribution >= 4 is 21.8 Å². The van der Waals surface area contributed by atoms with Crippen molar-refractivity contribution in [3.8, 4) is 11.3 Å². The van der Waals surface area contributed by atoms with Gasteiger partial charge in [-0.15, -0.1) is 11.8 Å². The average Bonchev–Trinajstić information content (AvgIpc) is 3.34. The van der Waals surface area contributed by atoms with Gasteiger partial charge >= 0.3 is 6.18 Å². The number of thioether (sulfide) groups is 1. The SMILES string of the molecule is CS(=O)(=O)N1CCc2c(c(-c3ccc(C(F)(F)F)c(SCCN4CCCC(CO)C4)c3)nn2CC(O)CN2CCCCC2)C1. The molecule has 3 aliphatic heterocycles. The number of benzene rings is 1. The summed E-state index contributed by atoms with van der Waals surface area (Å²) in [6.45, 7) is 5.32. The molecule has 2 unspecified atom stereocenters. The maximum atomic E-state index is 14.1. The Morgan fingerprint density at radius 2 is 1.82 bits per heavy atom. The normalized spacial score (nSPS) is 21.8. The molecule has 2 atom stereocenters. The van der Waals surface area contributed by atoms with Crippen LogP contribution in [-0.2, 0) is 35.7 Å². The van der Waals surface area contributed by atoms with Crippen molar-refractivity contribution < 1.29 is 31.8 Å². The fourth-order valence-electron chi connectivity index (χ4n) is 6.64. The number of fused-ring (bicyclic) bond motifs is 1. The highest BCUT2D eigenvalue weighted by atomic mass is 32.2. The molecule has 1 aromatic carbocycles. The highest BCUT2D eigenvalue weighted by Gasteiger charge is 2.35. The van der Waals surface area contributed by atoms with E-state index in [0.29, 0.717) is 42.1 Å². The van der Waals surface area contributed by atoms with E-state index in [9.17, 15) is 31.8 Å². The minimum Gasteiger partial charge on any atom is -0.396 e. The monoisotopic (exact) mass is 659 g/mol.